The molecule has 1 aliphatic rings. The van der Waals surface area contributed by atoms with Crippen LogP contribution < -0.4 is 9.47 Å². The highest BCUT2D eigenvalue weighted by atomic mass is 16.5. The molecule has 0 saturated carbocycles. The Morgan fingerprint density at radius 2 is 1.57 bits per heavy atom. The van der Waals surface area contributed by atoms with Crippen LogP contribution in [0.25, 0.3) is 21.9 Å². The SMILES string of the molecule is COc1cc2ccc3c(c2cc1OC)Cc1ccccc1-3. The van der Waals surface area contributed by atoms with Gasteiger partial charge in [0, 0.05) is 0 Å². The van der Waals surface area contributed by atoms with E-state index in [0.717, 1.165) is 17.9 Å². The van der Waals surface area contributed by atoms with Crippen molar-refractivity contribution < 1.29 is 9.47 Å². The van der Waals surface area contributed by atoms with Crippen LogP contribution in [-0.4, -0.2) is 14.2 Å². The fourth-order valence-electron chi connectivity index (χ4n) is 3.28. The van der Waals surface area contributed by atoms with Gasteiger partial charge in [-0.3, -0.25) is 0 Å². The summed E-state index contributed by atoms with van der Waals surface area (Å²) in [6.07, 6.45) is 0.984. The monoisotopic (exact) mass is 276 g/mol. The van der Waals surface area contributed by atoms with Crippen molar-refractivity contribution in [1.29, 1.82) is 0 Å². The summed E-state index contributed by atoms with van der Waals surface area (Å²) in [5, 5.41) is 2.44. The summed E-state index contributed by atoms with van der Waals surface area (Å²) < 4.78 is 10.9. The zero-order valence-electron chi connectivity index (χ0n) is 12.1. The molecule has 2 nitrogen and oxygen atoms in total. The van der Waals surface area contributed by atoms with Gasteiger partial charge in [0.2, 0.25) is 0 Å². The molecule has 2 heteroatoms. The Bertz CT molecular complexity index is 850. The lowest BCUT2D eigenvalue weighted by Crippen LogP contribution is -1.92. The molecule has 4 rings (SSSR count). The largest absolute Gasteiger partial charge is 0.493 e. The Morgan fingerprint density at radius 1 is 0.810 bits per heavy atom. The van der Waals surface area contributed by atoms with Crippen LogP contribution in [0.5, 0.6) is 11.5 Å². The van der Waals surface area contributed by atoms with E-state index in [-0.39, 0.29) is 0 Å². The molecular formula is C19H16O2. The third kappa shape index (κ3) is 1.72. The van der Waals surface area contributed by atoms with Gasteiger partial charge in [-0.2, -0.15) is 0 Å². The van der Waals surface area contributed by atoms with Crippen molar-refractivity contribution in [1.82, 2.24) is 0 Å². The topological polar surface area (TPSA) is 18.5 Å². The molecule has 0 unspecified atom stereocenters. The average molecular weight is 276 g/mol. The number of hydrogen-bond donors (Lipinski definition) is 0. The molecule has 0 saturated heterocycles. The lowest BCUT2D eigenvalue weighted by atomic mass is 9.98. The maximum absolute atomic E-state index is 5.46. The van der Waals surface area contributed by atoms with Gasteiger partial charge in [-0.05, 0) is 51.6 Å². The van der Waals surface area contributed by atoms with E-state index in [4.69, 9.17) is 9.47 Å². The van der Waals surface area contributed by atoms with Crippen LogP contribution in [0.2, 0.25) is 0 Å². The number of rotatable bonds is 2. The summed E-state index contributed by atoms with van der Waals surface area (Å²) in [5.41, 5.74) is 5.47. The van der Waals surface area contributed by atoms with E-state index in [0.29, 0.717) is 0 Å². The van der Waals surface area contributed by atoms with Crippen molar-refractivity contribution >= 4 is 10.8 Å². The van der Waals surface area contributed by atoms with Gasteiger partial charge < -0.3 is 9.47 Å². The van der Waals surface area contributed by atoms with Gasteiger partial charge in [0.25, 0.3) is 0 Å². The zero-order valence-corrected chi connectivity index (χ0v) is 12.1. The summed E-state index contributed by atoms with van der Waals surface area (Å²) in [7, 11) is 3.36. The summed E-state index contributed by atoms with van der Waals surface area (Å²) in [4.78, 5) is 0. The molecule has 3 aromatic carbocycles. The van der Waals surface area contributed by atoms with Crippen molar-refractivity contribution in [2.75, 3.05) is 14.2 Å². The van der Waals surface area contributed by atoms with Crippen LogP contribution in [0.4, 0.5) is 0 Å². The molecule has 0 radical (unpaired) electrons. The third-order valence-electron chi connectivity index (χ3n) is 4.31. The van der Waals surface area contributed by atoms with Gasteiger partial charge in [0.15, 0.2) is 11.5 Å². The van der Waals surface area contributed by atoms with Crippen LogP contribution in [0.15, 0.2) is 48.5 Å². The van der Waals surface area contributed by atoms with E-state index in [2.05, 4.69) is 48.5 Å². The first kappa shape index (κ1) is 12.3. The first-order valence-electron chi connectivity index (χ1n) is 7.07. The summed E-state index contributed by atoms with van der Waals surface area (Å²) in [6, 6.07) is 17.2. The van der Waals surface area contributed by atoms with Crippen LogP contribution in [0.3, 0.4) is 0 Å². The van der Waals surface area contributed by atoms with Gasteiger partial charge in [-0.15, -0.1) is 0 Å². The molecule has 0 fully saturated rings. The number of ether oxygens (including phenoxy) is 2. The molecule has 0 N–H and O–H groups in total. The van der Waals surface area contributed by atoms with Gasteiger partial charge in [-0.1, -0.05) is 36.4 Å². The van der Waals surface area contributed by atoms with Crippen LogP contribution in [-0.2, 0) is 6.42 Å². The molecule has 0 spiro atoms. The highest BCUT2D eigenvalue weighted by Gasteiger charge is 2.20. The zero-order chi connectivity index (χ0) is 14.4. The molecule has 1 aliphatic carbocycles. The molecular weight excluding hydrogens is 260 g/mol. The Kier molecular flexibility index (Phi) is 2.64. The quantitative estimate of drug-likeness (QED) is 0.539. The second kappa shape index (κ2) is 4.52. The fourth-order valence-corrected chi connectivity index (χ4v) is 3.28. The number of fused-ring (bicyclic) bond motifs is 5. The Morgan fingerprint density at radius 3 is 2.38 bits per heavy atom. The van der Waals surface area contributed by atoms with Crippen molar-refractivity contribution in [3.8, 4) is 22.6 Å². The average Bonchev–Trinajstić information content (AvgIpc) is 2.92. The Labute approximate surface area is 123 Å². The summed E-state index contributed by atoms with van der Waals surface area (Å²) in [6.45, 7) is 0. The molecule has 21 heavy (non-hydrogen) atoms. The molecule has 0 aliphatic heterocycles. The second-order valence-electron chi connectivity index (χ2n) is 5.35. The Hall–Kier alpha value is -2.48. The highest BCUT2D eigenvalue weighted by Crippen LogP contribution is 2.42. The smallest absolute Gasteiger partial charge is 0.161 e. The van der Waals surface area contributed by atoms with Gasteiger partial charge in [-0.25, -0.2) is 0 Å². The summed E-state index contributed by atoms with van der Waals surface area (Å²) >= 11 is 0. The molecule has 3 aromatic rings. The summed E-state index contributed by atoms with van der Waals surface area (Å²) in [5.74, 6) is 1.56. The third-order valence-corrected chi connectivity index (χ3v) is 4.31. The van der Waals surface area contributed by atoms with Gasteiger partial charge in [0.05, 0.1) is 14.2 Å². The minimum atomic E-state index is 0.778. The fraction of sp³-hybridized carbons (Fsp3) is 0.158. The van der Waals surface area contributed by atoms with E-state index in [1.807, 2.05) is 0 Å². The van der Waals surface area contributed by atoms with Gasteiger partial charge in [0.1, 0.15) is 0 Å². The normalized spacial score (nSPS) is 12.1. The minimum absolute atomic E-state index is 0.778. The second-order valence-corrected chi connectivity index (χ2v) is 5.35. The maximum atomic E-state index is 5.46. The minimum Gasteiger partial charge on any atom is -0.493 e. The van der Waals surface area contributed by atoms with Crippen molar-refractivity contribution in [3.63, 3.8) is 0 Å². The number of hydrogen-bond acceptors (Lipinski definition) is 2. The molecule has 0 bridgehead atoms. The van der Waals surface area contributed by atoms with E-state index in [9.17, 15) is 0 Å². The van der Waals surface area contributed by atoms with E-state index >= 15 is 0 Å². The molecule has 0 amide bonds. The Balaban J connectivity index is 2.01. The van der Waals surface area contributed by atoms with Crippen LogP contribution in [0, 0.1) is 0 Å². The van der Waals surface area contributed by atoms with Crippen molar-refractivity contribution in [3.05, 3.63) is 59.7 Å². The molecule has 0 heterocycles. The predicted octanol–water partition coefficient (Wildman–Crippen LogP) is 4.43. The molecule has 0 aromatic heterocycles. The van der Waals surface area contributed by atoms with Crippen molar-refractivity contribution in [2.45, 2.75) is 6.42 Å². The predicted molar refractivity (Wildman–Crippen MR) is 85.3 cm³/mol. The van der Waals surface area contributed by atoms with Crippen LogP contribution in [0.1, 0.15) is 11.1 Å². The number of methoxy groups -OCH3 is 2. The maximum Gasteiger partial charge on any atom is 0.161 e. The first-order valence-corrected chi connectivity index (χ1v) is 7.07. The van der Waals surface area contributed by atoms with Crippen molar-refractivity contribution in [2.24, 2.45) is 0 Å². The van der Waals surface area contributed by atoms with Crippen LogP contribution >= 0.6 is 0 Å². The van der Waals surface area contributed by atoms with Gasteiger partial charge >= 0.3 is 0 Å². The first-order chi connectivity index (χ1) is 10.3. The van der Waals surface area contributed by atoms with E-state index < -0.39 is 0 Å². The highest BCUT2D eigenvalue weighted by molar-refractivity contribution is 5.96. The molecule has 0 atom stereocenters. The lowest BCUT2D eigenvalue weighted by molar-refractivity contribution is 0.356. The van der Waals surface area contributed by atoms with E-state index in [1.54, 1.807) is 14.2 Å². The standard InChI is InChI=1S/C19H16O2/c1-20-18-10-13-7-8-15-14-6-4-3-5-12(14)9-17(15)16(13)11-19(18)21-2/h3-8,10-11H,9H2,1-2H3. The lowest BCUT2D eigenvalue weighted by Gasteiger charge is -2.12. The van der Waals surface area contributed by atoms with E-state index in [1.165, 1.54) is 33.0 Å². The number of benzene rings is 3. The molecule has 104 valence electrons.